The van der Waals surface area contributed by atoms with Crippen LogP contribution in [0.2, 0.25) is 0 Å². The zero-order chi connectivity index (χ0) is 19.6. The zero-order valence-corrected chi connectivity index (χ0v) is 16.9. The number of rotatable bonds is 4. The number of carbonyl (C=O) groups excluding carboxylic acids is 1. The van der Waals surface area contributed by atoms with E-state index in [-0.39, 0.29) is 17.5 Å². The van der Waals surface area contributed by atoms with Gasteiger partial charge in [0, 0.05) is 23.5 Å². The Morgan fingerprint density at radius 1 is 1.26 bits per heavy atom. The van der Waals surface area contributed by atoms with Crippen molar-refractivity contribution in [2.24, 2.45) is 0 Å². The summed E-state index contributed by atoms with van der Waals surface area (Å²) >= 11 is 1.40. The zero-order valence-electron chi connectivity index (χ0n) is 16.1. The van der Waals surface area contributed by atoms with Crippen LogP contribution >= 0.6 is 11.3 Å². The van der Waals surface area contributed by atoms with Crippen LogP contribution in [0.25, 0.3) is 10.6 Å². The molecule has 2 amide bonds. The Morgan fingerprint density at radius 3 is 2.70 bits per heavy atom. The average molecular weight is 385 g/mol. The number of urea groups is 1. The molecule has 0 spiro atoms. The van der Waals surface area contributed by atoms with Crippen molar-refractivity contribution in [3.8, 4) is 10.6 Å². The smallest absolute Gasteiger partial charge is 0.321 e. The molecule has 8 heteroatoms. The molecule has 0 aliphatic heterocycles. The van der Waals surface area contributed by atoms with Gasteiger partial charge in [-0.15, -0.1) is 0 Å². The van der Waals surface area contributed by atoms with Crippen molar-refractivity contribution in [3.63, 3.8) is 0 Å². The monoisotopic (exact) mass is 384 g/mol. The first-order chi connectivity index (χ1) is 12.7. The maximum absolute atomic E-state index is 12.3. The molecule has 1 unspecified atom stereocenters. The molecule has 0 aliphatic rings. The minimum absolute atomic E-state index is 0.128. The maximum atomic E-state index is 12.3. The van der Waals surface area contributed by atoms with Crippen LogP contribution < -0.4 is 10.6 Å². The highest BCUT2D eigenvalue weighted by Gasteiger charge is 2.20. The number of H-pyrrole nitrogens is 1. The maximum Gasteiger partial charge on any atom is 0.321 e. The van der Waals surface area contributed by atoms with E-state index in [1.54, 1.807) is 6.20 Å². The number of nitrogens with one attached hydrogen (secondary N) is 3. The summed E-state index contributed by atoms with van der Waals surface area (Å²) in [6.45, 7) is 10.1. The van der Waals surface area contributed by atoms with Crippen LogP contribution in [-0.2, 0) is 5.41 Å². The molecule has 142 valence electrons. The normalized spacial score (nSPS) is 12.6. The molecule has 3 aromatic heterocycles. The number of amides is 2. The van der Waals surface area contributed by atoms with Crippen LogP contribution in [-0.4, -0.2) is 26.0 Å². The Balaban J connectivity index is 1.74. The van der Waals surface area contributed by atoms with Gasteiger partial charge in [0.15, 0.2) is 5.13 Å². The van der Waals surface area contributed by atoms with Crippen molar-refractivity contribution in [2.75, 3.05) is 5.32 Å². The summed E-state index contributed by atoms with van der Waals surface area (Å²) in [4.78, 5) is 29.8. The van der Waals surface area contributed by atoms with E-state index < -0.39 is 0 Å². The number of anilines is 1. The van der Waals surface area contributed by atoms with Crippen LogP contribution in [0.1, 0.15) is 50.9 Å². The number of aromatic amines is 1. The molecular formula is C19H24N6OS. The summed E-state index contributed by atoms with van der Waals surface area (Å²) in [5.41, 5.74) is 2.45. The molecule has 0 bridgehead atoms. The molecule has 0 radical (unpaired) electrons. The lowest BCUT2D eigenvalue weighted by atomic mass is 9.95. The summed E-state index contributed by atoms with van der Waals surface area (Å²) in [5, 5.41) is 6.24. The number of carbonyl (C=O) groups is 1. The number of thiazole rings is 1. The SMILES string of the molecule is Cc1nc(NC(=O)NC(C)c2ccc[nH]2)sc1-c1ccnc(C(C)(C)C)n1. The molecular weight excluding hydrogens is 360 g/mol. The van der Waals surface area contributed by atoms with Gasteiger partial charge in [-0.1, -0.05) is 32.1 Å². The molecule has 0 aliphatic carbocycles. The van der Waals surface area contributed by atoms with E-state index in [1.807, 2.05) is 38.2 Å². The minimum Gasteiger partial charge on any atom is -0.363 e. The van der Waals surface area contributed by atoms with E-state index in [9.17, 15) is 4.79 Å². The predicted molar refractivity (Wildman–Crippen MR) is 108 cm³/mol. The number of nitrogens with zero attached hydrogens (tertiary/aromatic N) is 3. The first-order valence-electron chi connectivity index (χ1n) is 8.76. The highest BCUT2D eigenvalue weighted by atomic mass is 32.1. The molecule has 0 saturated heterocycles. The summed E-state index contributed by atoms with van der Waals surface area (Å²) in [5.74, 6) is 0.778. The topological polar surface area (TPSA) is 95.6 Å². The Kier molecular flexibility index (Phi) is 5.27. The largest absolute Gasteiger partial charge is 0.363 e. The molecule has 0 fully saturated rings. The molecule has 0 aromatic carbocycles. The fourth-order valence-corrected chi connectivity index (χ4v) is 3.49. The minimum atomic E-state index is -0.296. The lowest BCUT2D eigenvalue weighted by Gasteiger charge is -2.16. The van der Waals surface area contributed by atoms with E-state index in [1.165, 1.54) is 11.3 Å². The second-order valence-corrected chi connectivity index (χ2v) is 8.39. The van der Waals surface area contributed by atoms with Gasteiger partial charge in [-0.3, -0.25) is 5.32 Å². The van der Waals surface area contributed by atoms with Gasteiger partial charge in [0.05, 0.1) is 22.3 Å². The summed E-state index contributed by atoms with van der Waals surface area (Å²) in [6.07, 6.45) is 3.59. The van der Waals surface area contributed by atoms with Gasteiger partial charge in [-0.2, -0.15) is 0 Å². The third kappa shape index (κ3) is 4.51. The van der Waals surface area contributed by atoms with Crippen LogP contribution in [0, 0.1) is 6.92 Å². The van der Waals surface area contributed by atoms with Crippen molar-refractivity contribution in [3.05, 3.63) is 47.8 Å². The third-order valence-electron chi connectivity index (χ3n) is 4.01. The summed E-state index contributed by atoms with van der Waals surface area (Å²) < 4.78 is 0. The van der Waals surface area contributed by atoms with E-state index in [0.717, 1.165) is 27.8 Å². The van der Waals surface area contributed by atoms with Crippen LogP contribution in [0.4, 0.5) is 9.93 Å². The van der Waals surface area contributed by atoms with Crippen molar-refractivity contribution < 1.29 is 4.79 Å². The molecule has 3 rings (SSSR count). The number of hydrogen-bond acceptors (Lipinski definition) is 5. The van der Waals surface area contributed by atoms with Crippen LogP contribution in [0.15, 0.2) is 30.6 Å². The first-order valence-corrected chi connectivity index (χ1v) is 9.58. The Hall–Kier alpha value is -2.74. The van der Waals surface area contributed by atoms with E-state index in [2.05, 4.69) is 51.3 Å². The van der Waals surface area contributed by atoms with Gasteiger partial charge in [-0.25, -0.2) is 19.7 Å². The Bertz CT molecular complexity index is 926. The molecule has 3 N–H and O–H groups in total. The summed E-state index contributed by atoms with van der Waals surface area (Å²) in [7, 11) is 0. The molecule has 0 saturated carbocycles. The van der Waals surface area contributed by atoms with Gasteiger partial charge in [-0.05, 0) is 32.0 Å². The quantitative estimate of drug-likeness (QED) is 0.620. The lowest BCUT2D eigenvalue weighted by molar-refractivity contribution is 0.249. The molecule has 3 aromatic rings. The standard InChI is InChI=1S/C19H24N6OS/c1-11(13-7-6-9-20-13)22-17(26)25-18-23-12(2)15(27-18)14-8-10-21-16(24-14)19(3,4)5/h6-11,20H,1-5H3,(H2,22,23,25,26). The van der Waals surface area contributed by atoms with Crippen molar-refractivity contribution >= 4 is 22.5 Å². The van der Waals surface area contributed by atoms with E-state index in [0.29, 0.717) is 5.13 Å². The van der Waals surface area contributed by atoms with Crippen molar-refractivity contribution in [2.45, 2.75) is 46.1 Å². The highest BCUT2D eigenvalue weighted by molar-refractivity contribution is 7.19. The van der Waals surface area contributed by atoms with Crippen LogP contribution in [0.3, 0.4) is 0 Å². The Labute approximate surface area is 162 Å². The fraction of sp³-hybridized carbons (Fsp3) is 0.368. The van der Waals surface area contributed by atoms with Gasteiger partial charge in [0.1, 0.15) is 5.82 Å². The Morgan fingerprint density at radius 2 is 2.04 bits per heavy atom. The third-order valence-corrected chi connectivity index (χ3v) is 5.11. The molecule has 7 nitrogen and oxygen atoms in total. The van der Waals surface area contributed by atoms with Gasteiger partial charge in [0.25, 0.3) is 0 Å². The second-order valence-electron chi connectivity index (χ2n) is 7.39. The van der Waals surface area contributed by atoms with Gasteiger partial charge in [0.2, 0.25) is 0 Å². The molecule has 1 atom stereocenters. The second kappa shape index (κ2) is 7.48. The van der Waals surface area contributed by atoms with Gasteiger partial charge >= 0.3 is 6.03 Å². The van der Waals surface area contributed by atoms with Gasteiger partial charge < -0.3 is 10.3 Å². The van der Waals surface area contributed by atoms with Crippen molar-refractivity contribution in [1.29, 1.82) is 0 Å². The first kappa shape index (κ1) is 19.0. The average Bonchev–Trinajstić information content (AvgIpc) is 3.24. The molecule has 27 heavy (non-hydrogen) atoms. The highest BCUT2D eigenvalue weighted by Crippen LogP contribution is 2.32. The number of aryl methyl sites for hydroxylation is 1. The molecule has 3 heterocycles. The van der Waals surface area contributed by atoms with Crippen LogP contribution in [0.5, 0.6) is 0 Å². The number of aromatic nitrogens is 4. The predicted octanol–water partition coefficient (Wildman–Crippen LogP) is 4.42. The summed E-state index contributed by atoms with van der Waals surface area (Å²) in [6, 6.07) is 5.27. The van der Waals surface area contributed by atoms with Crippen molar-refractivity contribution in [1.82, 2.24) is 25.3 Å². The number of hydrogen-bond donors (Lipinski definition) is 3. The lowest BCUT2D eigenvalue weighted by Crippen LogP contribution is -2.31. The fourth-order valence-electron chi connectivity index (χ4n) is 2.56. The van der Waals surface area contributed by atoms with E-state index in [4.69, 9.17) is 0 Å². The van der Waals surface area contributed by atoms with E-state index >= 15 is 0 Å².